The Kier molecular flexibility index (Phi) is 6.44. The fourth-order valence-electron chi connectivity index (χ4n) is 1.09. The van der Waals surface area contributed by atoms with Crippen molar-refractivity contribution in [3.8, 4) is 0 Å². The number of allylic oxidation sites excluding steroid dienone is 2. The van der Waals surface area contributed by atoms with E-state index >= 15 is 0 Å². The molecule has 0 aliphatic heterocycles. The molecule has 2 heteroatoms. The maximum absolute atomic E-state index is 10.7. The van der Waals surface area contributed by atoms with Gasteiger partial charge in [0.25, 0.3) is 0 Å². The van der Waals surface area contributed by atoms with Crippen LogP contribution < -0.4 is 0 Å². The Labute approximate surface area is 74.3 Å². The second-order valence-corrected chi connectivity index (χ2v) is 2.98. The third kappa shape index (κ3) is 4.94. The third-order valence-electron chi connectivity index (χ3n) is 1.91. The molecule has 0 fully saturated rings. The van der Waals surface area contributed by atoms with E-state index in [9.17, 15) is 4.79 Å². The molecule has 1 atom stereocenters. The highest BCUT2D eigenvalue weighted by atomic mass is 16.4. The maximum Gasteiger partial charge on any atom is 0.306 e. The zero-order chi connectivity index (χ0) is 9.40. The topological polar surface area (TPSA) is 37.3 Å². The smallest absolute Gasteiger partial charge is 0.306 e. The molecule has 1 N–H and O–H groups in total. The van der Waals surface area contributed by atoms with Crippen molar-refractivity contribution in [3.63, 3.8) is 0 Å². The van der Waals surface area contributed by atoms with E-state index in [1.165, 1.54) is 0 Å². The first-order chi connectivity index (χ1) is 5.72. The normalized spacial score (nSPS) is 13.5. The van der Waals surface area contributed by atoms with E-state index in [-0.39, 0.29) is 5.92 Å². The van der Waals surface area contributed by atoms with Crippen LogP contribution in [0, 0.1) is 5.92 Å². The predicted molar refractivity (Wildman–Crippen MR) is 50.1 cm³/mol. The molecule has 2 nitrogen and oxygen atoms in total. The third-order valence-corrected chi connectivity index (χ3v) is 1.91. The lowest BCUT2D eigenvalue weighted by Gasteiger charge is -2.07. The summed E-state index contributed by atoms with van der Waals surface area (Å²) in [5, 5.41) is 8.79. The molecule has 0 aromatic rings. The molecule has 0 aromatic heterocycles. The molecule has 0 saturated carbocycles. The van der Waals surface area contributed by atoms with E-state index in [0.717, 1.165) is 19.3 Å². The molecule has 0 spiro atoms. The molecule has 0 aliphatic rings. The van der Waals surface area contributed by atoms with Crippen molar-refractivity contribution in [3.05, 3.63) is 12.2 Å². The largest absolute Gasteiger partial charge is 0.481 e. The molecule has 0 rings (SSSR count). The summed E-state index contributed by atoms with van der Waals surface area (Å²) in [6, 6.07) is 0. The molecule has 1 unspecified atom stereocenters. The molecule has 70 valence electrons. The summed E-state index contributed by atoms with van der Waals surface area (Å²) in [5.74, 6) is -0.845. The highest BCUT2D eigenvalue weighted by Crippen LogP contribution is 2.13. The molecule has 0 heterocycles. The lowest BCUT2D eigenvalue weighted by Crippen LogP contribution is -2.12. The van der Waals surface area contributed by atoms with Crippen LogP contribution in [0.2, 0.25) is 0 Å². The summed E-state index contributed by atoms with van der Waals surface area (Å²) in [5.41, 5.74) is 0. The van der Waals surface area contributed by atoms with Gasteiger partial charge in [-0.1, -0.05) is 31.9 Å². The summed E-state index contributed by atoms with van der Waals surface area (Å²) in [7, 11) is 0. The Morgan fingerprint density at radius 1 is 1.58 bits per heavy atom. The monoisotopic (exact) mass is 170 g/mol. The minimum atomic E-state index is -0.665. The van der Waals surface area contributed by atoms with Crippen molar-refractivity contribution in [1.82, 2.24) is 0 Å². The average molecular weight is 170 g/mol. The second-order valence-electron chi connectivity index (χ2n) is 2.98. The summed E-state index contributed by atoms with van der Waals surface area (Å²) >= 11 is 0. The number of carboxylic acid groups (broad SMARTS) is 1. The standard InChI is InChI=1S/C10H18O2/c1-3-5-7-9(10(11)12)8-6-4-2/h3,5,9H,4,6-8H2,1-2H3,(H,11,12)/b5-3+. The first-order valence-corrected chi connectivity index (χ1v) is 4.56. The van der Waals surface area contributed by atoms with Crippen LogP contribution in [0.5, 0.6) is 0 Å². The van der Waals surface area contributed by atoms with E-state index < -0.39 is 5.97 Å². The molecular weight excluding hydrogens is 152 g/mol. The van der Waals surface area contributed by atoms with E-state index in [1.54, 1.807) is 0 Å². The first kappa shape index (κ1) is 11.2. The Balaban J connectivity index is 3.78. The maximum atomic E-state index is 10.7. The van der Waals surface area contributed by atoms with Gasteiger partial charge in [-0.3, -0.25) is 4.79 Å². The second kappa shape index (κ2) is 6.89. The quantitative estimate of drug-likeness (QED) is 0.622. The van der Waals surface area contributed by atoms with Gasteiger partial charge in [0.1, 0.15) is 0 Å². The summed E-state index contributed by atoms with van der Waals surface area (Å²) in [6.07, 6.45) is 7.38. The van der Waals surface area contributed by atoms with Crippen LogP contribution in [0.25, 0.3) is 0 Å². The minimum absolute atomic E-state index is 0.179. The van der Waals surface area contributed by atoms with Gasteiger partial charge >= 0.3 is 5.97 Å². The number of unbranched alkanes of at least 4 members (excludes halogenated alkanes) is 1. The molecule has 0 bridgehead atoms. The van der Waals surface area contributed by atoms with Gasteiger partial charge in [0, 0.05) is 0 Å². The summed E-state index contributed by atoms with van der Waals surface area (Å²) in [6.45, 7) is 3.99. The van der Waals surface area contributed by atoms with Crippen molar-refractivity contribution in [2.75, 3.05) is 0 Å². The molecular formula is C10H18O2. The van der Waals surface area contributed by atoms with E-state index in [2.05, 4.69) is 6.92 Å². The summed E-state index contributed by atoms with van der Waals surface area (Å²) in [4.78, 5) is 10.7. The van der Waals surface area contributed by atoms with Crippen molar-refractivity contribution in [1.29, 1.82) is 0 Å². The molecule has 0 aliphatic carbocycles. The highest BCUT2D eigenvalue weighted by molar-refractivity contribution is 5.70. The van der Waals surface area contributed by atoms with Gasteiger partial charge < -0.3 is 5.11 Å². The number of rotatable bonds is 6. The number of aliphatic carboxylic acids is 1. The highest BCUT2D eigenvalue weighted by Gasteiger charge is 2.14. The van der Waals surface area contributed by atoms with Crippen LogP contribution in [-0.2, 0) is 4.79 Å². The molecule has 0 radical (unpaired) electrons. The Morgan fingerprint density at radius 3 is 2.67 bits per heavy atom. The van der Waals surface area contributed by atoms with E-state index in [0.29, 0.717) is 6.42 Å². The van der Waals surface area contributed by atoms with Crippen molar-refractivity contribution in [2.24, 2.45) is 5.92 Å². The van der Waals surface area contributed by atoms with Gasteiger partial charge in [-0.05, 0) is 19.8 Å². The molecule has 12 heavy (non-hydrogen) atoms. The van der Waals surface area contributed by atoms with Gasteiger partial charge in [0.2, 0.25) is 0 Å². The lowest BCUT2D eigenvalue weighted by atomic mass is 9.99. The van der Waals surface area contributed by atoms with Crippen LogP contribution in [0.3, 0.4) is 0 Å². The Morgan fingerprint density at radius 2 is 2.25 bits per heavy atom. The van der Waals surface area contributed by atoms with Crippen molar-refractivity contribution < 1.29 is 9.90 Å². The van der Waals surface area contributed by atoms with Gasteiger partial charge in [0.05, 0.1) is 5.92 Å². The Bertz CT molecular complexity index is 150. The number of hydrogen-bond acceptors (Lipinski definition) is 1. The van der Waals surface area contributed by atoms with Crippen molar-refractivity contribution >= 4 is 5.97 Å². The number of carbonyl (C=O) groups is 1. The Hall–Kier alpha value is -0.790. The van der Waals surface area contributed by atoms with Gasteiger partial charge in [-0.15, -0.1) is 0 Å². The fraction of sp³-hybridized carbons (Fsp3) is 0.700. The van der Waals surface area contributed by atoms with Crippen LogP contribution in [0.4, 0.5) is 0 Å². The fourth-order valence-corrected chi connectivity index (χ4v) is 1.09. The van der Waals surface area contributed by atoms with Crippen LogP contribution in [0.15, 0.2) is 12.2 Å². The summed E-state index contributed by atoms with van der Waals surface area (Å²) < 4.78 is 0. The van der Waals surface area contributed by atoms with Gasteiger partial charge in [-0.2, -0.15) is 0 Å². The SMILES string of the molecule is C/C=C/CC(CCCC)C(=O)O. The average Bonchev–Trinajstić information content (AvgIpc) is 2.04. The molecule has 0 aromatic carbocycles. The molecule has 0 saturated heterocycles. The lowest BCUT2D eigenvalue weighted by molar-refractivity contribution is -0.141. The number of hydrogen-bond donors (Lipinski definition) is 1. The van der Waals surface area contributed by atoms with E-state index in [1.807, 2.05) is 19.1 Å². The molecule has 0 amide bonds. The zero-order valence-electron chi connectivity index (χ0n) is 7.92. The van der Waals surface area contributed by atoms with E-state index in [4.69, 9.17) is 5.11 Å². The minimum Gasteiger partial charge on any atom is -0.481 e. The van der Waals surface area contributed by atoms with Crippen LogP contribution in [0.1, 0.15) is 39.5 Å². The van der Waals surface area contributed by atoms with Crippen molar-refractivity contribution in [2.45, 2.75) is 39.5 Å². The zero-order valence-corrected chi connectivity index (χ0v) is 7.92. The van der Waals surface area contributed by atoms with Gasteiger partial charge in [-0.25, -0.2) is 0 Å². The van der Waals surface area contributed by atoms with Crippen LogP contribution >= 0.6 is 0 Å². The van der Waals surface area contributed by atoms with Crippen LogP contribution in [-0.4, -0.2) is 11.1 Å². The predicted octanol–water partition coefficient (Wildman–Crippen LogP) is 2.84. The number of carboxylic acids is 1. The first-order valence-electron chi connectivity index (χ1n) is 4.56. The van der Waals surface area contributed by atoms with Gasteiger partial charge in [0.15, 0.2) is 0 Å².